The number of fused-ring (bicyclic) bond motifs is 1. The highest BCUT2D eigenvalue weighted by Crippen LogP contribution is 2.23. The van der Waals surface area contributed by atoms with Crippen molar-refractivity contribution in [2.75, 3.05) is 17.7 Å². The lowest BCUT2D eigenvalue weighted by molar-refractivity contribution is 0.0910. The molecule has 1 amide bonds. The van der Waals surface area contributed by atoms with Crippen LogP contribution in [0.2, 0.25) is 0 Å². The van der Waals surface area contributed by atoms with Gasteiger partial charge in [-0.3, -0.25) is 14.2 Å². The second kappa shape index (κ2) is 8.34. The Bertz CT molecular complexity index is 1410. The van der Waals surface area contributed by atoms with Gasteiger partial charge < -0.3 is 16.0 Å². The summed E-state index contributed by atoms with van der Waals surface area (Å²) in [6.07, 6.45) is 7.34. The van der Waals surface area contributed by atoms with Crippen LogP contribution in [0, 0.1) is 5.82 Å². The summed E-state index contributed by atoms with van der Waals surface area (Å²) in [4.78, 5) is 34.0. The molecule has 0 unspecified atom stereocenters. The van der Waals surface area contributed by atoms with Gasteiger partial charge in [0.1, 0.15) is 5.69 Å². The van der Waals surface area contributed by atoms with Crippen LogP contribution in [-0.2, 0) is 0 Å². The van der Waals surface area contributed by atoms with E-state index in [1.54, 1.807) is 25.2 Å². The number of hydrogen-bond acceptors (Lipinski definition) is 7. The molecule has 33 heavy (non-hydrogen) atoms. The third-order valence-electron chi connectivity index (χ3n) is 5.59. The summed E-state index contributed by atoms with van der Waals surface area (Å²) in [5, 5.41) is 13.5. The van der Waals surface area contributed by atoms with Crippen molar-refractivity contribution in [2.24, 2.45) is 0 Å². The monoisotopic (exact) mass is 448 g/mol. The number of aromatic nitrogens is 5. The van der Waals surface area contributed by atoms with E-state index in [9.17, 15) is 14.0 Å². The molecule has 0 radical (unpaired) electrons. The van der Waals surface area contributed by atoms with Gasteiger partial charge in [-0.05, 0) is 43.5 Å². The predicted molar refractivity (Wildman–Crippen MR) is 121 cm³/mol. The molecule has 5 rings (SSSR count). The van der Waals surface area contributed by atoms with E-state index in [-0.39, 0.29) is 29.1 Å². The molecule has 1 aliphatic rings. The van der Waals surface area contributed by atoms with Crippen LogP contribution in [0.5, 0.6) is 0 Å². The van der Waals surface area contributed by atoms with Crippen molar-refractivity contribution in [3.05, 3.63) is 70.8 Å². The Labute approximate surface area is 187 Å². The minimum Gasteiger partial charge on any atom is -0.385 e. The van der Waals surface area contributed by atoms with Gasteiger partial charge >= 0.3 is 0 Å². The van der Waals surface area contributed by atoms with E-state index in [0.717, 1.165) is 23.8 Å². The van der Waals surface area contributed by atoms with E-state index in [1.807, 2.05) is 0 Å². The zero-order valence-corrected chi connectivity index (χ0v) is 17.7. The molecule has 4 aromatic rings. The smallest absolute Gasteiger partial charge is 0.280 e. The average Bonchev–Trinajstić information content (AvgIpc) is 3.22. The van der Waals surface area contributed by atoms with E-state index in [4.69, 9.17) is 0 Å². The predicted octanol–water partition coefficient (Wildman–Crippen LogP) is 2.48. The van der Waals surface area contributed by atoms with Crippen molar-refractivity contribution in [2.45, 2.75) is 25.3 Å². The Morgan fingerprint density at radius 1 is 1.18 bits per heavy atom. The van der Waals surface area contributed by atoms with Crippen LogP contribution in [0.15, 0.2) is 53.7 Å². The molecule has 0 aliphatic heterocycles. The molecule has 0 spiro atoms. The third-order valence-corrected chi connectivity index (χ3v) is 5.59. The SMILES string of the molecule is CNc1cc(Nc2cccn(-c3ncccc3F)c2=O)nn2c(C(=O)NC3CCC3)cnc12. The maximum absolute atomic E-state index is 14.2. The lowest BCUT2D eigenvalue weighted by atomic mass is 9.93. The van der Waals surface area contributed by atoms with E-state index in [2.05, 4.69) is 31.0 Å². The minimum atomic E-state index is -0.616. The molecule has 10 nitrogen and oxygen atoms in total. The molecule has 1 saturated carbocycles. The summed E-state index contributed by atoms with van der Waals surface area (Å²) in [6.45, 7) is 0. The molecule has 3 N–H and O–H groups in total. The number of hydrogen-bond donors (Lipinski definition) is 3. The van der Waals surface area contributed by atoms with Crippen molar-refractivity contribution in [1.29, 1.82) is 0 Å². The highest BCUT2D eigenvalue weighted by Gasteiger charge is 2.23. The average molecular weight is 448 g/mol. The zero-order valence-electron chi connectivity index (χ0n) is 17.7. The molecular weight excluding hydrogens is 427 g/mol. The molecule has 0 aromatic carbocycles. The highest BCUT2D eigenvalue weighted by atomic mass is 19.1. The van der Waals surface area contributed by atoms with Crippen molar-refractivity contribution in [3.63, 3.8) is 0 Å². The van der Waals surface area contributed by atoms with Gasteiger partial charge in [-0.15, -0.1) is 5.10 Å². The van der Waals surface area contributed by atoms with Crippen molar-refractivity contribution in [3.8, 4) is 5.82 Å². The Balaban J connectivity index is 1.52. The van der Waals surface area contributed by atoms with Gasteiger partial charge in [0.2, 0.25) is 0 Å². The number of carbonyl (C=O) groups is 1. The fraction of sp³-hybridized carbons (Fsp3) is 0.227. The van der Waals surface area contributed by atoms with E-state index >= 15 is 0 Å². The van der Waals surface area contributed by atoms with Crippen LogP contribution in [-0.4, -0.2) is 43.1 Å². The third kappa shape index (κ3) is 3.77. The van der Waals surface area contributed by atoms with Crippen LogP contribution in [0.25, 0.3) is 11.5 Å². The quantitative estimate of drug-likeness (QED) is 0.415. The summed E-state index contributed by atoms with van der Waals surface area (Å²) in [6, 6.07) is 7.69. The van der Waals surface area contributed by atoms with E-state index in [0.29, 0.717) is 17.2 Å². The molecule has 168 valence electrons. The van der Waals surface area contributed by atoms with Gasteiger partial charge in [0.05, 0.1) is 11.9 Å². The summed E-state index contributed by atoms with van der Waals surface area (Å²) < 4.78 is 16.7. The lowest BCUT2D eigenvalue weighted by Crippen LogP contribution is -2.40. The molecule has 11 heteroatoms. The van der Waals surface area contributed by atoms with Crippen molar-refractivity contribution in [1.82, 2.24) is 29.5 Å². The number of rotatable bonds is 6. The molecule has 4 aromatic heterocycles. The van der Waals surface area contributed by atoms with Gasteiger partial charge in [-0.2, -0.15) is 0 Å². The fourth-order valence-corrected chi connectivity index (χ4v) is 3.63. The van der Waals surface area contributed by atoms with Crippen LogP contribution in [0.1, 0.15) is 29.8 Å². The first-order valence-corrected chi connectivity index (χ1v) is 10.5. The van der Waals surface area contributed by atoms with Crippen molar-refractivity contribution >= 4 is 28.7 Å². The first kappa shape index (κ1) is 20.6. The molecule has 1 fully saturated rings. The maximum atomic E-state index is 14.2. The Morgan fingerprint density at radius 2 is 2.03 bits per heavy atom. The molecule has 0 atom stereocenters. The van der Waals surface area contributed by atoms with Crippen LogP contribution in [0.3, 0.4) is 0 Å². The second-order valence-corrected chi connectivity index (χ2v) is 7.70. The van der Waals surface area contributed by atoms with Gasteiger partial charge in [-0.1, -0.05) is 0 Å². The zero-order chi connectivity index (χ0) is 22.9. The number of anilines is 3. The number of amides is 1. The van der Waals surface area contributed by atoms with Crippen LogP contribution >= 0.6 is 0 Å². The first-order chi connectivity index (χ1) is 16.0. The molecule has 0 bridgehead atoms. The summed E-state index contributed by atoms with van der Waals surface area (Å²) >= 11 is 0. The van der Waals surface area contributed by atoms with Crippen LogP contribution < -0.4 is 21.5 Å². The number of nitrogens with one attached hydrogen (secondary N) is 3. The van der Waals surface area contributed by atoms with Gasteiger partial charge in [0.15, 0.2) is 28.8 Å². The number of nitrogens with zero attached hydrogens (tertiary/aromatic N) is 5. The van der Waals surface area contributed by atoms with E-state index in [1.165, 1.54) is 35.2 Å². The topological polar surface area (TPSA) is 118 Å². The fourth-order valence-electron chi connectivity index (χ4n) is 3.63. The maximum Gasteiger partial charge on any atom is 0.280 e. The first-order valence-electron chi connectivity index (χ1n) is 10.5. The van der Waals surface area contributed by atoms with E-state index < -0.39 is 11.4 Å². The molecule has 4 heterocycles. The molecular formula is C22H21FN8O2. The highest BCUT2D eigenvalue weighted by molar-refractivity contribution is 5.94. The summed E-state index contributed by atoms with van der Waals surface area (Å²) in [7, 11) is 1.72. The molecule has 1 aliphatic carbocycles. The number of carbonyl (C=O) groups excluding carboxylic acids is 1. The minimum absolute atomic E-state index is 0.102. The van der Waals surface area contributed by atoms with Gasteiger partial charge in [0, 0.05) is 31.5 Å². The second-order valence-electron chi connectivity index (χ2n) is 7.70. The normalized spacial score (nSPS) is 13.5. The Kier molecular flexibility index (Phi) is 5.21. The summed E-state index contributed by atoms with van der Waals surface area (Å²) in [5.41, 5.74) is 1.04. The Morgan fingerprint density at radius 3 is 2.76 bits per heavy atom. The van der Waals surface area contributed by atoms with Crippen molar-refractivity contribution < 1.29 is 9.18 Å². The van der Waals surface area contributed by atoms with Gasteiger partial charge in [-0.25, -0.2) is 18.9 Å². The van der Waals surface area contributed by atoms with Gasteiger partial charge in [0.25, 0.3) is 11.5 Å². The molecule has 0 saturated heterocycles. The van der Waals surface area contributed by atoms with Crippen LogP contribution in [0.4, 0.5) is 21.6 Å². The number of pyridine rings is 2. The largest absolute Gasteiger partial charge is 0.385 e. The standard InChI is InChI=1S/C22H21FN8O2/c1-24-16-11-18(29-31-17(12-26-20(16)31)21(32)27-13-5-2-6-13)28-15-8-4-10-30(22(15)33)19-14(23)7-3-9-25-19/h3-4,7-13,24H,2,5-6H2,1H3,(H,27,32)(H,28,29). The number of imidazole rings is 1. The number of halogens is 1. The Hall–Kier alpha value is -4.28. The summed E-state index contributed by atoms with van der Waals surface area (Å²) in [5.74, 6) is -0.671. The lowest BCUT2D eigenvalue weighted by Gasteiger charge is -2.26.